The molecule has 5 rings (SSSR count). The van der Waals surface area contributed by atoms with Crippen LogP contribution in [0.4, 0.5) is 0 Å². The summed E-state index contributed by atoms with van der Waals surface area (Å²) in [5.74, 6) is -2.75. The topological polar surface area (TPSA) is 194 Å². The first-order valence-corrected chi connectivity index (χ1v) is 22.2. The predicted molar refractivity (Wildman–Crippen MR) is 230 cm³/mol. The molecule has 0 spiro atoms. The number of fused-ring (bicyclic) bond motifs is 1. The predicted octanol–water partition coefficient (Wildman–Crippen LogP) is 3.58. The van der Waals surface area contributed by atoms with Gasteiger partial charge in [0.25, 0.3) is 0 Å². The number of esters is 1. The number of carbonyl (C=O) groups excluding carboxylic acids is 1. The van der Waals surface area contributed by atoms with Crippen molar-refractivity contribution < 1.29 is 58.7 Å². The number of likely N-dealkylation sites (N-methyl/N-ethyl adjacent to an activating group) is 1. The molecule has 0 amide bonds. The average Bonchev–Trinajstić information content (AvgIpc) is 3.54. The number of benzene rings is 1. The van der Waals surface area contributed by atoms with E-state index in [9.17, 15) is 30.3 Å². The summed E-state index contributed by atoms with van der Waals surface area (Å²) in [4.78, 5) is 16.4. The molecule has 0 saturated carbocycles. The molecule has 61 heavy (non-hydrogen) atoms. The van der Waals surface area contributed by atoms with Gasteiger partial charge in [0.2, 0.25) is 0 Å². The Morgan fingerprint density at radius 2 is 1.62 bits per heavy atom. The molecular formula is C46H77N3O12. The van der Waals surface area contributed by atoms with Crippen LogP contribution in [0.2, 0.25) is 0 Å². The molecule has 15 heteroatoms. The SMILES string of the molecule is CC[C@H]1OC(=O)[C@H](C)[C@@H](O[C@H]2C[C@@](C)(OC)[C@@](O)(c3cc4ccccc4n3C)[C@H](C)O2)[C@H](C)[C@@H](O[C@@H]2O[C@H](C)C[C@H](N(C)C)[C@H]2O)[C@](C)(O)C[C@@H](C)CN[C@H](C)[C@@H](O)[C@]1(C)O. The first-order chi connectivity index (χ1) is 28.3. The van der Waals surface area contributed by atoms with E-state index >= 15 is 0 Å². The van der Waals surface area contributed by atoms with Crippen LogP contribution in [0.3, 0.4) is 0 Å². The van der Waals surface area contributed by atoms with Gasteiger partial charge in [-0.1, -0.05) is 39.0 Å². The quantitative estimate of drug-likeness (QED) is 0.211. The van der Waals surface area contributed by atoms with E-state index in [-0.39, 0.29) is 37.3 Å². The minimum absolute atomic E-state index is 0.0321. The van der Waals surface area contributed by atoms with Crippen LogP contribution in [0.25, 0.3) is 10.9 Å². The van der Waals surface area contributed by atoms with Gasteiger partial charge in [0.05, 0.1) is 41.6 Å². The Hall–Kier alpha value is -2.25. The molecule has 2 aromatic rings. The molecule has 1 aromatic carbocycles. The highest BCUT2D eigenvalue weighted by Gasteiger charge is 2.60. The molecule has 0 aliphatic carbocycles. The Kier molecular flexibility index (Phi) is 15.6. The van der Waals surface area contributed by atoms with Gasteiger partial charge in [-0.25, -0.2) is 0 Å². The molecule has 0 radical (unpaired) electrons. The second kappa shape index (κ2) is 19.1. The van der Waals surface area contributed by atoms with Crippen LogP contribution in [0.5, 0.6) is 0 Å². The zero-order chi connectivity index (χ0) is 45.6. The Bertz CT molecular complexity index is 1770. The van der Waals surface area contributed by atoms with Crippen molar-refractivity contribution in [2.24, 2.45) is 24.8 Å². The third-order valence-corrected chi connectivity index (χ3v) is 14.3. The lowest BCUT2D eigenvalue weighted by Crippen LogP contribution is -2.65. The van der Waals surface area contributed by atoms with Crippen molar-refractivity contribution >= 4 is 16.9 Å². The third-order valence-electron chi connectivity index (χ3n) is 14.3. The lowest BCUT2D eigenvalue weighted by Gasteiger charge is -2.53. The summed E-state index contributed by atoms with van der Waals surface area (Å²) < 4.78 is 40.9. The van der Waals surface area contributed by atoms with Crippen LogP contribution in [0.15, 0.2) is 30.3 Å². The fraction of sp³-hybridized carbons (Fsp3) is 0.804. The smallest absolute Gasteiger partial charge is 0.311 e. The Morgan fingerprint density at radius 1 is 0.967 bits per heavy atom. The summed E-state index contributed by atoms with van der Waals surface area (Å²) >= 11 is 0. The zero-order valence-corrected chi connectivity index (χ0v) is 39.0. The lowest BCUT2D eigenvalue weighted by atomic mass is 9.73. The monoisotopic (exact) mass is 864 g/mol. The van der Waals surface area contributed by atoms with Crippen molar-refractivity contribution in [2.75, 3.05) is 27.7 Å². The van der Waals surface area contributed by atoms with Crippen molar-refractivity contribution in [3.05, 3.63) is 36.0 Å². The van der Waals surface area contributed by atoms with Crippen molar-refractivity contribution in [1.29, 1.82) is 0 Å². The molecule has 348 valence electrons. The number of methoxy groups -OCH3 is 1. The van der Waals surface area contributed by atoms with E-state index in [1.807, 2.05) is 88.6 Å². The van der Waals surface area contributed by atoms with Crippen LogP contribution in [-0.4, -0.2) is 153 Å². The zero-order valence-electron chi connectivity index (χ0n) is 39.0. The van der Waals surface area contributed by atoms with Gasteiger partial charge in [-0.15, -0.1) is 0 Å². The Morgan fingerprint density at radius 3 is 2.23 bits per heavy atom. The number of aliphatic hydroxyl groups is 5. The first-order valence-electron chi connectivity index (χ1n) is 22.2. The number of carbonyl (C=O) groups is 1. The second-order valence-electron chi connectivity index (χ2n) is 19.5. The maximum absolute atomic E-state index is 14.5. The van der Waals surface area contributed by atoms with Gasteiger partial charge < -0.3 is 68.7 Å². The highest BCUT2D eigenvalue weighted by atomic mass is 16.7. The summed E-state index contributed by atoms with van der Waals surface area (Å²) in [6, 6.07) is 8.89. The van der Waals surface area contributed by atoms with E-state index in [1.165, 1.54) is 14.0 Å². The molecule has 15 nitrogen and oxygen atoms in total. The highest BCUT2D eigenvalue weighted by Crippen LogP contribution is 2.49. The molecule has 0 bridgehead atoms. The third kappa shape index (κ3) is 9.74. The van der Waals surface area contributed by atoms with Crippen LogP contribution in [0, 0.1) is 17.8 Å². The summed E-state index contributed by atoms with van der Waals surface area (Å²) in [5, 5.41) is 64.6. The number of ether oxygens (including phenoxy) is 6. The van der Waals surface area contributed by atoms with Gasteiger partial charge in [0, 0.05) is 44.1 Å². The van der Waals surface area contributed by atoms with E-state index in [0.29, 0.717) is 18.7 Å². The van der Waals surface area contributed by atoms with Gasteiger partial charge >= 0.3 is 5.97 Å². The number of hydrogen-bond acceptors (Lipinski definition) is 14. The molecule has 3 aliphatic heterocycles. The number of cyclic esters (lactones) is 1. The minimum atomic E-state index is -1.83. The average molecular weight is 864 g/mol. The largest absolute Gasteiger partial charge is 0.459 e. The van der Waals surface area contributed by atoms with Gasteiger partial charge in [-0.2, -0.15) is 0 Å². The molecule has 4 heterocycles. The Labute approximate surface area is 363 Å². The van der Waals surface area contributed by atoms with Crippen LogP contribution >= 0.6 is 0 Å². The van der Waals surface area contributed by atoms with E-state index in [0.717, 1.165) is 10.9 Å². The summed E-state index contributed by atoms with van der Waals surface area (Å²) in [5.41, 5.74) is -4.83. The van der Waals surface area contributed by atoms with Crippen LogP contribution < -0.4 is 5.32 Å². The van der Waals surface area contributed by atoms with Gasteiger partial charge in [-0.3, -0.25) is 4.79 Å². The number of hydrogen-bond donors (Lipinski definition) is 6. The number of para-hydroxylation sites is 1. The van der Waals surface area contributed by atoms with Crippen molar-refractivity contribution in [3.63, 3.8) is 0 Å². The van der Waals surface area contributed by atoms with Gasteiger partial charge in [-0.05, 0) is 112 Å². The summed E-state index contributed by atoms with van der Waals surface area (Å²) in [7, 11) is 7.20. The van der Waals surface area contributed by atoms with Crippen molar-refractivity contribution in [3.8, 4) is 0 Å². The lowest BCUT2D eigenvalue weighted by molar-refractivity contribution is -0.342. The molecule has 18 atom stereocenters. The van der Waals surface area contributed by atoms with E-state index in [2.05, 4.69) is 5.32 Å². The number of aryl methyl sites for hydroxylation is 1. The highest BCUT2D eigenvalue weighted by molar-refractivity contribution is 5.81. The Balaban J connectivity index is 1.59. The number of aromatic nitrogens is 1. The molecule has 3 saturated heterocycles. The van der Waals surface area contributed by atoms with Gasteiger partial charge in [0.1, 0.15) is 29.5 Å². The number of nitrogens with one attached hydrogen (secondary N) is 1. The minimum Gasteiger partial charge on any atom is -0.459 e. The summed E-state index contributed by atoms with van der Waals surface area (Å²) in [6.07, 6.45) is -8.01. The van der Waals surface area contributed by atoms with E-state index in [1.54, 1.807) is 34.6 Å². The van der Waals surface area contributed by atoms with Crippen LogP contribution in [-0.2, 0) is 45.9 Å². The molecule has 1 aromatic heterocycles. The molecular weight excluding hydrogens is 787 g/mol. The molecule has 0 unspecified atom stereocenters. The standard InChI is InChI=1S/C46H77N3O12/c1-15-35-45(10,54)39(51)29(6)47-24-25(2)22-43(8,53)40(61-42-37(50)33(48(11)12)20-26(3)57-42)27(4)38(28(5)41(52)59-35)60-36-23-44(9,56-14)46(55,30(7)58-36)34-21-31-18-16-17-19-32(31)49(34)13/h16-19,21,25-30,33,35-40,42,47,50-51,53-55H,15,20,22-24H2,1-14H3/t25-,26-,27+,28-,29-,30+,33+,35-,36+,37-,38+,39-,40-,42+,43-,44-,45-,46+/m1/s1. The molecule has 3 aliphatic rings. The van der Waals surface area contributed by atoms with Crippen molar-refractivity contribution in [2.45, 2.75) is 185 Å². The molecule has 3 fully saturated rings. The summed E-state index contributed by atoms with van der Waals surface area (Å²) in [6.45, 7) is 18.0. The van der Waals surface area contributed by atoms with Crippen molar-refractivity contribution in [1.82, 2.24) is 14.8 Å². The fourth-order valence-electron chi connectivity index (χ4n) is 10.5. The fourth-order valence-corrected chi connectivity index (χ4v) is 10.5. The number of rotatable bonds is 8. The van der Waals surface area contributed by atoms with Gasteiger partial charge in [0.15, 0.2) is 18.2 Å². The first kappa shape index (κ1) is 49.8. The maximum atomic E-state index is 14.5. The second-order valence-corrected chi connectivity index (χ2v) is 19.5. The molecule has 6 N–H and O–H groups in total. The van der Waals surface area contributed by atoms with Crippen LogP contribution in [0.1, 0.15) is 101 Å². The normalized spacial score (nSPS) is 45.0. The van der Waals surface area contributed by atoms with E-state index in [4.69, 9.17) is 28.4 Å². The maximum Gasteiger partial charge on any atom is 0.311 e. The van der Waals surface area contributed by atoms with E-state index < -0.39 is 95.5 Å². The number of nitrogens with zero attached hydrogens (tertiary/aromatic N) is 2. The number of aliphatic hydroxyl groups excluding tert-OH is 2.